The molecule has 1 aliphatic rings. The van der Waals surface area contributed by atoms with Gasteiger partial charge in [-0.3, -0.25) is 0 Å². The Morgan fingerprint density at radius 1 is 1.36 bits per heavy atom. The summed E-state index contributed by atoms with van der Waals surface area (Å²) in [5.41, 5.74) is 1.02. The first-order valence-corrected chi connectivity index (χ1v) is 5.33. The average Bonchev–Trinajstić information content (AvgIpc) is 2.19. The molecule has 1 N–H and O–H groups in total. The molecule has 1 fully saturated rings. The van der Waals surface area contributed by atoms with Crippen molar-refractivity contribution in [1.29, 1.82) is 0 Å². The van der Waals surface area contributed by atoms with E-state index in [0.717, 1.165) is 18.5 Å². The summed E-state index contributed by atoms with van der Waals surface area (Å²) in [5, 5.41) is 3.92. The van der Waals surface area contributed by atoms with E-state index >= 15 is 0 Å². The van der Waals surface area contributed by atoms with Gasteiger partial charge in [0.15, 0.2) is 0 Å². The van der Waals surface area contributed by atoms with Crippen molar-refractivity contribution in [2.45, 2.75) is 25.3 Å². The number of hydrogen-bond acceptors (Lipinski definition) is 1. The lowest BCUT2D eigenvalue weighted by Crippen LogP contribution is -2.26. The molecule has 0 amide bonds. The van der Waals surface area contributed by atoms with Crippen LogP contribution in [0.3, 0.4) is 0 Å². The van der Waals surface area contributed by atoms with Gasteiger partial charge >= 0.3 is 0 Å². The third kappa shape index (κ3) is 2.07. The molecule has 3 heteroatoms. The SMILES string of the molecule is Fc1ccc([C@H]2CCCCN2)c(Cl)c1. The van der Waals surface area contributed by atoms with Gasteiger partial charge in [-0.1, -0.05) is 24.1 Å². The Bertz CT molecular complexity index is 321. The molecular weight excluding hydrogens is 201 g/mol. The maximum absolute atomic E-state index is 12.8. The van der Waals surface area contributed by atoms with Crippen LogP contribution in [0.4, 0.5) is 4.39 Å². The van der Waals surface area contributed by atoms with Gasteiger partial charge in [0.05, 0.1) is 0 Å². The van der Waals surface area contributed by atoms with Crippen LogP contribution in [0.1, 0.15) is 30.9 Å². The van der Waals surface area contributed by atoms with Gasteiger partial charge in [-0.25, -0.2) is 4.39 Å². The molecule has 0 bridgehead atoms. The summed E-state index contributed by atoms with van der Waals surface area (Å²) in [6.07, 6.45) is 3.52. The van der Waals surface area contributed by atoms with E-state index in [1.165, 1.54) is 25.0 Å². The lowest BCUT2D eigenvalue weighted by Gasteiger charge is -2.24. The van der Waals surface area contributed by atoms with Crippen LogP contribution in [-0.2, 0) is 0 Å². The first kappa shape index (κ1) is 9.94. The second-order valence-corrected chi connectivity index (χ2v) is 4.08. The summed E-state index contributed by atoms with van der Waals surface area (Å²) in [7, 11) is 0. The number of hydrogen-bond donors (Lipinski definition) is 1. The quantitative estimate of drug-likeness (QED) is 0.755. The molecule has 1 aromatic carbocycles. The van der Waals surface area contributed by atoms with Crippen LogP contribution in [-0.4, -0.2) is 6.54 Å². The van der Waals surface area contributed by atoms with E-state index < -0.39 is 0 Å². The van der Waals surface area contributed by atoms with E-state index in [0.29, 0.717) is 11.1 Å². The van der Waals surface area contributed by atoms with E-state index in [-0.39, 0.29) is 5.82 Å². The van der Waals surface area contributed by atoms with Gasteiger partial charge in [-0.15, -0.1) is 0 Å². The highest BCUT2D eigenvalue weighted by molar-refractivity contribution is 6.31. The van der Waals surface area contributed by atoms with Crippen LogP contribution >= 0.6 is 11.6 Å². The Hall–Kier alpha value is -0.600. The summed E-state index contributed by atoms with van der Waals surface area (Å²) >= 11 is 5.98. The third-order valence-corrected chi connectivity index (χ3v) is 2.98. The Labute approximate surface area is 88.3 Å². The van der Waals surface area contributed by atoms with Crippen molar-refractivity contribution < 1.29 is 4.39 Å². The molecule has 1 atom stereocenters. The monoisotopic (exact) mass is 213 g/mol. The third-order valence-electron chi connectivity index (χ3n) is 2.65. The smallest absolute Gasteiger partial charge is 0.124 e. The number of nitrogens with one attached hydrogen (secondary N) is 1. The molecule has 1 nitrogen and oxygen atoms in total. The molecule has 76 valence electrons. The molecule has 0 unspecified atom stereocenters. The second kappa shape index (κ2) is 4.28. The summed E-state index contributed by atoms with van der Waals surface area (Å²) in [6.45, 7) is 1.03. The Morgan fingerprint density at radius 3 is 2.86 bits per heavy atom. The zero-order chi connectivity index (χ0) is 9.97. The lowest BCUT2D eigenvalue weighted by molar-refractivity contribution is 0.412. The van der Waals surface area contributed by atoms with E-state index in [9.17, 15) is 4.39 Å². The Kier molecular flexibility index (Phi) is 3.04. The van der Waals surface area contributed by atoms with Crippen molar-refractivity contribution in [2.24, 2.45) is 0 Å². The first-order chi connectivity index (χ1) is 6.77. The number of piperidine rings is 1. The van der Waals surface area contributed by atoms with Gasteiger partial charge in [-0.05, 0) is 37.1 Å². The van der Waals surface area contributed by atoms with Gasteiger partial charge in [0.2, 0.25) is 0 Å². The molecule has 0 aromatic heterocycles. The van der Waals surface area contributed by atoms with Gasteiger partial charge in [0, 0.05) is 11.1 Å². The van der Waals surface area contributed by atoms with E-state index in [2.05, 4.69) is 5.32 Å². The molecule has 0 spiro atoms. The minimum atomic E-state index is -0.269. The molecular formula is C11H13ClFN. The first-order valence-electron chi connectivity index (χ1n) is 4.96. The minimum Gasteiger partial charge on any atom is -0.310 e. The molecule has 1 aliphatic heterocycles. The maximum Gasteiger partial charge on any atom is 0.124 e. The van der Waals surface area contributed by atoms with Crippen LogP contribution in [0.15, 0.2) is 18.2 Å². The molecule has 1 saturated heterocycles. The summed E-state index contributed by atoms with van der Waals surface area (Å²) < 4.78 is 12.8. The van der Waals surface area contributed by atoms with Gasteiger partial charge < -0.3 is 5.32 Å². The Balaban J connectivity index is 2.22. The highest BCUT2D eigenvalue weighted by Crippen LogP contribution is 2.29. The standard InChI is InChI=1S/C11H13ClFN/c12-10-7-8(13)4-5-9(10)11-3-1-2-6-14-11/h4-5,7,11,14H,1-3,6H2/t11-/m1/s1. The van der Waals surface area contributed by atoms with E-state index in [1.54, 1.807) is 6.07 Å². The van der Waals surface area contributed by atoms with Crippen molar-refractivity contribution in [3.05, 3.63) is 34.6 Å². The van der Waals surface area contributed by atoms with Crippen LogP contribution < -0.4 is 5.32 Å². The molecule has 0 radical (unpaired) electrons. The zero-order valence-electron chi connectivity index (χ0n) is 7.89. The summed E-state index contributed by atoms with van der Waals surface area (Å²) in [6, 6.07) is 4.93. The number of benzene rings is 1. The summed E-state index contributed by atoms with van der Waals surface area (Å²) in [4.78, 5) is 0. The zero-order valence-corrected chi connectivity index (χ0v) is 8.65. The van der Waals surface area contributed by atoms with Crippen LogP contribution in [0.2, 0.25) is 5.02 Å². The fourth-order valence-electron chi connectivity index (χ4n) is 1.90. The van der Waals surface area contributed by atoms with E-state index in [4.69, 9.17) is 11.6 Å². The van der Waals surface area contributed by atoms with Crippen molar-refractivity contribution in [3.8, 4) is 0 Å². The lowest BCUT2D eigenvalue weighted by atomic mass is 9.97. The summed E-state index contributed by atoms with van der Waals surface area (Å²) in [5.74, 6) is -0.269. The molecule has 1 aromatic rings. The minimum absolute atomic E-state index is 0.269. The van der Waals surface area contributed by atoms with Crippen LogP contribution in [0, 0.1) is 5.82 Å². The highest BCUT2D eigenvalue weighted by Gasteiger charge is 2.17. The van der Waals surface area contributed by atoms with Crippen molar-refractivity contribution in [1.82, 2.24) is 5.32 Å². The molecule has 1 heterocycles. The Morgan fingerprint density at radius 2 is 2.21 bits per heavy atom. The van der Waals surface area contributed by atoms with Crippen molar-refractivity contribution in [3.63, 3.8) is 0 Å². The van der Waals surface area contributed by atoms with Crippen molar-refractivity contribution >= 4 is 11.6 Å². The molecule has 2 rings (SSSR count). The normalized spacial score (nSPS) is 22.3. The predicted molar refractivity (Wildman–Crippen MR) is 56.0 cm³/mol. The fraction of sp³-hybridized carbons (Fsp3) is 0.455. The van der Waals surface area contributed by atoms with Gasteiger partial charge in [-0.2, -0.15) is 0 Å². The van der Waals surface area contributed by atoms with Crippen LogP contribution in [0.5, 0.6) is 0 Å². The number of rotatable bonds is 1. The fourth-order valence-corrected chi connectivity index (χ4v) is 2.20. The topological polar surface area (TPSA) is 12.0 Å². The number of halogens is 2. The molecule has 0 saturated carbocycles. The van der Waals surface area contributed by atoms with Gasteiger partial charge in [0.25, 0.3) is 0 Å². The van der Waals surface area contributed by atoms with E-state index in [1.807, 2.05) is 0 Å². The maximum atomic E-state index is 12.8. The second-order valence-electron chi connectivity index (χ2n) is 3.67. The average molecular weight is 214 g/mol. The van der Waals surface area contributed by atoms with Gasteiger partial charge in [0.1, 0.15) is 5.82 Å². The van der Waals surface area contributed by atoms with Crippen LogP contribution in [0.25, 0.3) is 0 Å². The molecule has 0 aliphatic carbocycles. The molecule has 14 heavy (non-hydrogen) atoms. The highest BCUT2D eigenvalue weighted by atomic mass is 35.5. The van der Waals surface area contributed by atoms with Crippen molar-refractivity contribution in [2.75, 3.05) is 6.54 Å². The predicted octanol–water partition coefficient (Wildman–Crippen LogP) is 3.29. The largest absolute Gasteiger partial charge is 0.310 e.